The van der Waals surface area contributed by atoms with Crippen LogP contribution in [0.1, 0.15) is 23.3 Å². The molecule has 2 aromatic rings. The van der Waals surface area contributed by atoms with Gasteiger partial charge in [-0.25, -0.2) is 0 Å². The number of hydrogen-bond acceptors (Lipinski definition) is 4. The highest BCUT2D eigenvalue weighted by atomic mass is 32.1. The van der Waals surface area contributed by atoms with E-state index in [1.807, 2.05) is 12.1 Å². The van der Waals surface area contributed by atoms with Gasteiger partial charge in [-0.1, -0.05) is 25.1 Å². The molecule has 0 aliphatic rings. The fourth-order valence-electron chi connectivity index (χ4n) is 2.27. The van der Waals surface area contributed by atoms with Crippen molar-refractivity contribution in [3.63, 3.8) is 0 Å². The summed E-state index contributed by atoms with van der Waals surface area (Å²) in [5.41, 5.74) is 1.17. The second-order valence-electron chi connectivity index (χ2n) is 5.71. The lowest BCUT2D eigenvalue weighted by Gasteiger charge is -2.15. The van der Waals surface area contributed by atoms with E-state index in [-0.39, 0.29) is 0 Å². The SMILES string of the molecule is CN=C(NCc1ccc(OCCOC)cc1)NCC(C)c1cccs1. The van der Waals surface area contributed by atoms with Crippen LogP contribution < -0.4 is 15.4 Å². The Morgan fingerprint density at radius 1 is 1.16 bits per heavy atom. The zero-order valence-corrected chi connectivity index (χ0v) is 15.9. The highest BCUT2D eigenvalue weighted by Crippen LogP contribution is 2.19. The fourth-order valence-corrected chi connectivity index (χ4v) is 3.06. The Labute approximate surface area is 154 Å². The standard InChI is InChI=1S/C19H27N3O2S/c1-15(18-5-4-12-25-18)13-21-19(20-2)22-14-16-6-8-17(9-7-16)24-11-10-23-3/h4-9,12,15H,10-11,13-14H2,1-3H3,(H2,20,21,22). The van der Waals surface area contributed by atoms with Gasteiger partial charge in [0.15, 0.2) is 5.96 Å². The Hall–Kier alpha value is -2.05. The molecule has 1 aromatic heterocycles. The summed E-state index contributed by atoms with van der Waals surface area (Å²) in [6.45, 7) is 4.94. The minimum absolute atomic E-state index is 0.460. The highest BCUT2D eigenvalue weighted by molar-refractivity contribution is 7.10. The molecule has 1 atom stereocenters. The minimum Gasteiger partial charge on any atom is -0.491 e. The van der Waals surface area contributed by atoms with Crippen molar-refractivity contribution in [1.82, 2.24) is 10.6 Å². The van der Waals surface area contributed by atoms with Gasteiger partial charge in [0, 0.05) is 38.0 Å². The molecular weight excluding hydrogens is 334 g/mol. The molecule has 25 heavy (non-hydrogen) atoms. The summed E-state index contributed by atoms with van der Waals surface area (Å²) < 4.78 is 10.5. The molecule has 2 N–H and O–H groups in total. The molecule has 136 valence electrons. The van der Waals surface area contributed by atoms with Gasteiger partial charge >= 0.3 is 0 Å². The first-order valence-corrected chi connectivity index (χ1v) is 9.29. The van der Waals surface area contributed by atoms with Crippen LogP contribution in [0.3, 0.4) is 0 Å². The Kier molecular flexibility index (Phi) is 8.28. The van der Waals surface area contributed by atoms with Gasteiger partial charge in [-0.2, -0.15) is 0 Å². The molecule has 1 unspecified atom stereocenters. The molecule has 0 fully saturated rings. The molecule has 5 nitrogen and oxygen atoms in total. The highest BCUT2D eigenvalue weighted by Gasteiger charge is 2.07. The monoisotopic (exact) mass is 361 g/mol. The molecule has 0 bridgehead atoms. The number of nitrogens with one attached hydrogen (secondary N) is 2. The van der Waals surface area contributed by atoms with E-state index in [1.165, 1.54) is 10.4 Å². The summed E-state index contributed by atoms with van der Waals surface area (Å²) in [4.78, 5) is 5.66. The van der Waals surface area contributed by atoms with Gasteiger partial charge in [-0.05, 0) is 29.1 Å². The van der Waals surface area contributed by atoms with Gasteiger partial charge in [-0.15, -0.1) is 11.3 Å². The third-order valence-electron chi connectivity index (χ3n) is 3.77. The molecule has 0 aliphatic carbocycles. The van der Waals surface area contributed by atoms with Crippen molar-refractivity contribution >= 4 is 17.3 Å². The van der Waals surface area contributed by atoms with E-state index in [4.69, 9.17) is 9.47 Å². The number of rotatable bonds is 9. The van der Waals surface area contributed by atoms with Crippen molar-refractivity contribution < 1.29 is 9.47 Å². The number of aliphatic imine (C=N–C) groups is 1. The number of thiophene rings is 1. The lowest BCUT2D eigenvalue weighted by atomic mass is 10.1. The van der Waals surface area contributed by atoms with Crippen LogP contribution in [-0.2, 0) is 11.3 Å². The Morgan fingerprint density at radius 2 is 1.96 bits per heavy atom. The smallest absolute Gasteiger partial charge is 0.191 e. The summed E-state index contributed by atoms with van der Waals surface area (Å²) in [5, 5.41) is 8.83. The maximum Gasteiger partial charge on any atom is 0.191 e. The second-order valence-corrected chi connectivity index (χ2v) is 6.69. The zero-order chi connectivity index (χ0) is 17.9. The molecule has 6 heteroatoms. The Bertz CT molecular complexity index is 627. The van der Waals surface area contributed by atoms with E-state index in [2.05, 4.69) is 52.2 Å². The Morgan fingerprint density at radius 3 is 2.60 bits per heavy atom. The first-order valence-electron chi connectivity index (χ1n) is 8.41. The topological polar surface area (TPSA) is 54.9 Å². The average molecular weight is 362 g/mol. The lowest BCUT2D eigenvalue weighted by molar-refractivity contribution is 0.146. The number of guanidine groups is 1. The lowest BCUT2D eigenvalue weighted by Crippen LogP contribution is -2.38. The van der Waals surface area contributed by atoms with E-state index in [0.29, 0.717) is 25.7 Å². The first kappa shape index (κ1) is 19.3. The van der Waals surface area contributed by atoms with Gasteiger partial charge in [-0.3, -0.25) is 4.99 Å². The molecule has 0 saturated carbocycles. The molecule has 0 saturated heterocycles. The predicted molar refractivity (Wildman–Crippen MR) is 105 cm³/mol. The number of nitrogens with zero attached hydrogens (tertiary/aromatic N) is 1. The van der Waals surface area contributed by atoms with Crippen LogP contribution in [0.25, 0.3) is 0 Å². The van der Waals surface area contributed by atoms with E-state index < -0.39 is 0 Å². The van der Waals surface area contributed by atoms with Crippen molar-refractivity contribution in [2.24, 2.45) is 4.99 Å². The van der Waals surface area contributed by atoms with Crippen molar-refractivity contribution in [2.45, 2.75) is 19.4 Å². The predicted octanol–water partition coefficient (Wildman–Crippen LogP) is 3.24. The van der Waals surface area contributed by atoms with Gasteiger partial charge in [0.2, 0.25) is 0 Å². The minimum atomic E-state index is 0.460. The number of ether oxygens (including phenoxy) is 2. The molecule has 1 aromatic carbocycles. The number of hydrogen-bond donors (Lipinski definition) is 2. The Balaban J connectivity index is 1.74. The van der Waals surface area contributed by atoms with Crippen LogP contribution in [0.5, 0.6) is 5.75 Å². The van der Waals surface area contributed by atoms with Crippen LogP contribution in [0.2, 0.25) is 0 Å². The van der Waals surface area contributed by atoms with Crippen molar-refractivity contribution in [3.8, 4) is 5.75 Å². The molecule has 0 spiro atoms. The van der Waals surface area contributed by atoms with Crippen LogP contribution in [0.4, 0.5) is 0 Å². The van der Waals surface area contributed by atoms with Crippen LogP contribution >= 0.6 is 11.3 Å². The van der Waals surface area contributed by atoms with Crippen LogP contribution in [0.15, 0.2) is 46.8 Å². The van der Waals surface area contributed by atoms with Crippen molar-refractivity contribution in [3.05, 3.63) is 52.2 Å². The van der Waals surface area contributed by atoms with E-state index in [1.54, 1.807) is 25.5 Å². The van der Waals surface area contributed by atoms with Crippen molar-refractivity contribution in [1.29, 1.82) is 0 Å². The summed E-state index contributed by atoms with van der Waals surface area (Å²) >= 11 is 1.79. The maximum atomic E-state index is 5.57. The molecule has 1 heterocycles. The number of benzene rings is 1. The molecule has 0 radical (unpaired) electrons. The quantitative estimate of drug-likeness (QED) is 0.409. The summed E-state index contributed by atoms with van der Waals surface area (Å²) in [7, 11) is 3.46. The zero-order valence-electron chi connectivity index (χ0n) is 15.1. The van der Waals surface area contributed by atoms with Crippen LogP contribution in [0, 0.1) is 0 Å². The van der Waals surface area contributed by atoms with Crippen molar-refractivity contribution in [2.75, 3.05) is 33.9 Å². The summed E-state index contributed by atoms with van der Waals surface area (Å²) in [5.74, 6) is 2.12. The second kappa shape index (κ2) is 10.7. The van der Waals surface area contributed by atoms with E-state index in [0.717, 1.165) is 18.3 Å². The normalized spacial score (nSPS) is 12.7. The summed E-state index contributed by atoms with van der Waals surface area (Å²) in [6, 6.07) is 12.3. The van der Waals surface area contributed by atoms with Gasteiger partial charge < -0.3 is 20.1 Å². The molecule has 0 aliphatic heterocycles. The third kappa shape index (κ3) is 6.76. The third-order valence-corrected chi connectivity index (χ3v) is 4.87. The largest absolute Gasteiger partial charge is 0.491 e. The summed E-state index contributed by atoms with van der Waals surface area (Å²) in [6.07, 6.45) is 0. The first-order chi connectivity index (χ1) is 12.2. The van der Waals surface area contributed by atoms with Gasteiger partial charge in [0.1, 0.15) is 12.4 Å². The van der Waals surface area contributed by atoms with Crippen LogP contribution in [-0.4, -0.2) is 39.9 Å². The number of methoxy groups -OCH3 is 1. The maximum absolute atomic E-state index is 5.57. The fraction of sp³-hybridized carbons (Fsp3) is 0.421. The molecule has 0 amide bonds. The average Bonchev–Trinajstić information content (AvgIpc) is 3.18. The van der Waals surface area contributed by atoms with Gasteiger partial charge in [0.05, 0.1) is 6.61 Å². The van der Waals surface area contributed by atoms with E-state index >= 15 is 0 Å². The van der Waals surface area contributed by atoms with Gasteiger partial charge in [0.25, 0.3) is 0 Å². The molecular formula is C19H27N3O2S. The molecule has 2 rings (SSSR count). The van der Waals surface area contributed by atoms with E-state index in [9.17, 15) is 0 Å².